The number of carbonyl (C=O) groups is 1. The highest BCUT2D eigenvalue weighted by atomic mass is 79.9. The van der Waals surface area contributed by atoms with Crippen LogP contribution in [0.25, 0.3) is 0 Å². The maximum absolute atomic E-state index is 11.7. The van der Waals surface area contributed by atoms with Crippen LogP contribution in [0.1, 0.15) is 0 Å². The Morgan fingerprint density at radius 3 is 2.74 bits per heavy atom. The summed E-state index contributed by atoms with van der Waals surface area (Å²) in [6.45, 7) is -0.0904. The van der Waals surface area contributed by atoms with Crippen LogP contribution in [-0.4, -0.2) is 17.5 Å². The summed E-state index contributed by atoms with van der Waals surface area (Å²) in [6.07, 6.45) is 1.63. The van der Waals surface area contributed by atoms with E-state index < -0.39 is 0 Å². The van der Waals surface area contributed by atoms with Crippen molar-refractivity contribution in [3.8, 4) is 5.75 Å². The summed E-state index contributed by atoms with van der Waals surface area (Å²) >= 11 is 9.00. The van der Waals surface area contributed by atoms with Crippen LogP contribution in [0.2, 0.25) is 5.02 Å². The number of nitrogens with one attached hydrogen (secondary N) is 1. The summed E-state index contributed by atoms with van der Waals surface area (Å²) in [5.74, 6) is 0.270. The second-order valence-electron chi connectivity index (χ2n) is 3.64. The molecule has 1 heterocycles. The van der Waals surface area contributed by atoms with Gasteiger partial charge in [0.25, 0.3) is 5.91 Å². The smallest absolute Gasteiger partial charge is 0.262 e. The molecule has 0 fully saturated rings. The molecule has 0 unspecified atom stereocenters. The molecule has 0 atom stereocenters. The Hall–Kier alpha value is -1.59. The molecule has 0 radical (unpaired) electrons. The molecule has 1 aromatic carbocycles. The predicted molar refractivity (Wildman–Crippen MR) is 77.5 cm³/mol. The van der Waals surface area contributed by atoms with Gasteiger partial charge in [0.15, 0.2) is 12.4 Å². The highest BCUT2D eigenvalue weighted by Gasteiger charge is 2.06. The third-order valence-corrected chi connectivity index (χ3v) is 3.06. The Labute approximate surface area is 123 Å². The number of pyridine rings is 1. The fourth-order valence-electron chi connectivity index (χ4n) is 1.35. The van der Waals surface area contributed by atoms with Crippen LogP contribution in [0.4, 0.5) is 5.69 Å². The molecule has 0 aliphatic carbocycles. The Morgan fingerprint density at radius 1 is 1.32 bits per heavy atom. The summed E-state index contributed by atoms with van der Waals surface area (Å²) in [5.41, 5.74) is 0.670. The molecule has 0 spiro atoms. The van der Waals surface area contributed by atoms with Crippen molar-refractivity contribution in [2.45, 2.75) is 0 Å². The first-order valence-electron chi connectivity index (χ1n) is 5.44. The lowest BCUT2D eigenvalue weighted by atomic mass is 10.3. The van der Waals surface area contributed by atoms with Crippen LogP contribution < -0.4 is 10.1 Å². The lowest BCUT2D eigenvalue weighted by Gasteiger charge is -2.08. The van der Waals surface area contributed by atoms with Crippen LogP contribution in [0.15, 0.2) is 47.2 Å². The Balaban J connectivity index is 1.88. The number of hydrogen-bond donors (Lipinski definition) is 1. The van der Waals surface area contributed by atoms with Crippen molar-refractivity contribution in [1.82, 2.24) is 4.98 Å². The fraction of sp³-hybridized carbons (Fsp3) is 0.0769. The first-order valence-corrected chi connectivity index (χ1v) is 6.61. The number of aromatic nitrogens is 1. The minimum atomic E-state index is -0.252. The Kier molecular flexibility index (Phi) is 4.76. The van der Waals surface area contributed by atoms with Gasteiger partial charge < -0.3 is 10.1 Å². The van der Waals surface area contributed by atoms with E-state index in [1.54, 1.807) is 42.6 Å². The molecule has 19 heavy (non-hydrogen) atoms. The minimum absolute atomic E-state index is 0.0904. The zero-order chi connectivity index (χ0) is 13.7. The Morgan fingerprint density at radius 2 is 2.05 bits per heavy atom. The topological polar surface area (TPSA) is 51.2 Å². The molecule has 0 aliphatic rings. The maximum atomic E-state index is 11.7. The molecule has 1 N–H and O–H groups in total. The van der Waals surface area contributed by atoms with E-state index in [0.29, 0.717) is 21.1 Å². The second-order valence-corrected chi connectivity index (χ2v) is 4.82. The van der Waals surface area contributed by atoms with Crippen molar-refractivity contribution in [3.05, 3.63) is 52.2 Å². The van der Waals surface area contributed by atoms with Gasteiger partial charge in [0.05, 0.1) is 0 Å². The number of hydrogen-bond acceptors (Lipinski definition) is 3. The zero-order valence-corrected chi connectivity index (χ0v) is 12.1. The number of amides is 1. The highest BCUT2D eigenvalue weighted by molar-refractivity contribution is 9.10. The zero-order valence-electron chi connectivity index (χ0n) is 9.77. The number of rotatable bonds is 4. The first-order chi connectivity index (χ1) is 9.15. The van der Waals surface area contributed by atoms with E-state index in [2.05, 4.69) is 26.2 Å². The standard InChI is InChI=1S/C13H10BrClN2O2/c14-13-11(2-1-7-16-13)19-8-12(18)17-10-5-3-9(15)4-6-10/h1-7H,8H2,(H,17,18). The average Bonchev–Trinajstić information content (AvgIpc) is 2.40. The van der Waals surface area contributed by atoms with Crippen molar-refractivity contribution in [2.75, 3.05) is 11.9 Å². The van der Waals surface area contributed by atoms with E-state index in [1.165, 1.54) is 0 Å². The maximum Gasteiger partial charge on any atom is 0.262 e. The summed E-state index contributed by atoms with van der Waals surface area (Å²) < 4.78 is 5.91. The number of nitrogens with zero attached hydrogens (tertiary/aromatic N) is 1. The van der Waals surface area contributed by atoms with Gasteiger partial charge in [0.2, 0.25) is 0 Å². The van der Waals surface area contributed by atoms with E-state index in [9.17, 15) is 4.79 Å². The van der Waals surface area contributed by atoms with E-state index in [-0.39, 0.29) is 12.5 Å². The first kappa shape index (κ1) is 13.8. The van der Waals surface area contributed by atoms with Crippen molar-refractivity contribution < 1.29 is 9.53 Å². The predicted octanol–water partition coefficient (Wildman–Crippen LogP) is 3.52. The van der Waals surface area contributed by atoms with Crippen molar-refractivity contribution in [1.29, 1.82) is 0 Å². The monoisotopic (exact) mass is 340 g/mol. The van der Waals surface area contributed by atoms with Crippen LogP contribution in [0, 0.1) is 0 Å². The summed E-state index contributed by atoms with van der Waals surface area (Å²) in [7, 11) is 0. The third-order valence-electron chi connectivity index (χ3n) is 2.21. The van der Waals surface area contributed by atoms with Crippen LogP contribution in [-0.2, 0) is 4.79 Å². The van der Waals surface area contributed by atoms with Gasteiger partial charge in [-0.25, -0.2) is 4.98 Å². The van der Waals surface area contributed by atoms with Gasteiger partial charge in [0.1, 0.15) is 4.60 Å². The average molecular weight is 342 g/mol. The molecule has 1 aromatic heterocycles. The van der Waals surface area contributed by atoms with Crippen LogP contribution in [0.5, 0.6) is 5.75 Å². The molecule has 1 amide bonds. The number of anilines is 1. The highest BCUT2D eigenvalue weighted by Crippen LogP contribution is 2.21. The van der Waals surface area contributed by atoms with Crippen LogP contribution in [0.3, 0.4) is 0 Å². The van der Waals surface area contributed by atoms with Gasteiger partial charge >= 0.3 is 0 Å². The molecule has 0 saturated heterocycles. The molecule has 4 nitrogen and oxygen atoms in total. The molecule has 0 bridgehead atoms. The van der Waals surface area contributed by atoms with Gasteiger partial charge in [-0.05, 0) is 52.3 Å². The van der Waals surface area contributed by atoms with Gasteiger partial charge in [-0.3, -0.25) is 4.79 Å². The molecular weight excluding hydrogens is 332 g/mol. The summed E-state index contributed by atoms with van der Waals surface area (Å²) in [5, 5.41) is 3.32. The van der Waals surface area contributed by atoms with E-state index >= 15 is 0 Å². The molecule has 2 aromatic rings. The quantitative estimate of drug-likeness (QED) is 0.866. The number of benzene rings is 1. The van der Waals surface area contributed by atoms with Crippen LogP contribution >= 0.6 is 27.5 Å². The number of halogens is 2. The molecule has 0 saturated carbocycles. The van der Waals surface area contributed by atoms with Gasteiger partial charge in [-0.1, -0.05) is 11.6 Å². The van der Waals surface area contributed by atoms with Gasteiger partial charge in [0, 0.05) is 16.9 Å². The number of carbonyl (C=O) groups excluding carboxylic acids is 1. The normalized spacial score (nSPS) is 10.0. The molecule has 0 aliphatic heterocycles. The van der Waals surface area contributed by atoms with E-state index in [4.69, 9.17) is 16.3 Å². The van der Waals surface area contributed by atoms with Gasteiger partial charge in [-0.2, -0.15) is 0 Å². The van der Waals surface area contributed by atoms with E-state index in [0.717, 1.165) is 0 Å². The largest absolute Gasteiger partial charge is 0.481 e. The SMILES string of the molecule is O=C(COc1cccnc1Br)Nc1ccc(Cl)cc1. The van der Waals surface area contributed by atoms with Crippen molar-refractivity contribution in [3.63, 3.8) is 0 Å². The third kappa shape index (κ3) is 4.22. The lowest BCUT2D eigenvalue weighted by molar-refractivity contribution is -0.118. The number of ether oxygens (including phenoxy) is 1. The fourth-order valence-corrected chi connectivity index (χ4v) is 1.84. The van der Waals surface area contributed by atoms with Gasteiger partial charge in [-0.15, -0.1) is 0 Å². The second kappa shape index (κ2) is 6.54. The van der Waals surface area contributed by atoms with Crippen molar-refractivity contribution >= 4 is 39.1 Å². The van der Waals surface area contributed by atoms with E-state index in [1.807, 2.05) is 0 Å². The minimum Gasteiger partial charge on any atom is -0.481 e. The lowest BCUT2D eigenvalue weighted by Crippen LogP contribution is -2.20. The molecule has 98 valence electrons. The Bertz CT molecular complexity index is 575. The summed E-state index contributed by atoms with van der Waals surface area (Å²) in [4.78, 5) is 15.7. The summed E-state index contributed by atoms with van der Waals surface area (Å²) in [6, 6.07) is 10.3. The molecule has 6 heteroatoms. The molecule has 2 rings (SSSR count). The molecular formula is C13H10BrClN2O2. The van der Waals surface area contributed by atoms with Crippen molar-refractivity contribution in [2.24, 2.45) is 0 Å².